The van der Waals surface area contributed by atoms with Crippen LogP contribution in [0.2, 0.25) is 0 Å². The van der Waals surface area contributed by atoms with Gasteiger partial charge in [-0.1, -0.05) is 17.7 Å². The fourth-order valence-corrected chi connectivity index (χ4v) is 1.31. The standard InChI is InChI=1S/C11H17NO3/c1-8-3-4-11(9(2)5-8)14-6-10(13)7-15-12/h3-5,10,13H,6-7,12H2,1-2H3. The molecule has 15 heavy (non-hydrogen) atoms. The van der Waals surface area contributed by atoms with Gasteiger partial charge in [-0.25, -0.2) is 5.90 Å². The Morgan fingerprint density at radius 1 is 1.33 bits per heavy atom. The Bertz CT molecular complexity index is 315. The van der Waals surface area contributed by atoms with E-state index in [1.165, 1.54) is 5.56 Å². The van der Waals surface area contributed by atoms with Crippen molar-refractivity contribution in [3.05, 3.63) is 29.3 Å². The van der Waals surface area contributed by atoms with E-state index >= 15 is 0 Å². The van der Waals surface area contributed by atoms with E-state index in [2.05, 4.69) is 4.84 Å². The van der Waals surface area contributed by atoms with Crippen molar-refractivity contribution < 1.29 is 14.7 Å². The average Bonchev–Trinajstić information content (AvgIpc) is 2.17. The lowest BCUT2D eigenvalue weighted by molar-refractivity contribution is 0.0115. The third kappa shape index (κ3) is 3.87. The number of ether oxygens (including phenoxy) is 1. The Labute approximate surface area is 89.6 Å². The molecule has 0 aromatic heterocycles. The summed E-state index contributed by atoms with van der Waals surface area (Å²) in [7, 11) is 0. The van der Waals surface area contributed by atoms with Gasteiger partial charge in [-0.15, -0.1) is 0 Å². The van der Waals surface area contributed by atoms with E-state index < -0.39 is 6.10 Å². The fourth-order valence-electron chi connectivity index (χ4n) is 1.31. The molecule has 1 atom stereocenters. The molecule has 3 N–H and O–H groups in total. The molecule has 0 aliphatic heterocycles. The van der Waals surface area contributed by atoms with Gasteiger partial charge in [0.05, 0.1) is 6.61 Å². The summed E-state index contributed by atoms with van der Waals surface area (Å²) in [5, 5.41) is 9.33. The van der Waals surface area contributed by atoms with Crippen molar-refractivity contribution >= 4 is 0 Å². The van der Waals surface area contributed by atoms with Crippen LogP contribution < -0.4 is 10.6 Å². The predicted octanol–water partition coefficient (Wildman–Crippen LogP) is 0.933. The van der Waals surface area contributed by atoms with E-state index in [1.807, 2.05) is 32.0 Å². The second-order valence-electron chi connectivity index (χ2n) is 3.57. The smallest absolute Gasteiger partial charge is 0.122 e. The van der Waals surface area contributed by atoms with Gasteiger partial charge in [0.25, 0.3) is 0 Å². The van der Waals surface area contributed by atoms with Gasteiger partial charge in [0, 0.05) is 0 Å². The van der Waals surface area contributed by atoms with Gasteiger partial charge in [-0.3, -0.25) is 0 Å². The van der Waals surface area contributed by atoms with Crippen LogP contribution in [0.1, 0.15) is 11.1 Å². The molecule has 1 aromatic rings. The van der Waals surface area contributed by atoms with E-state index in [0.717, 1.165) is 11.3 Å². The first-order valence-corrected chi connectivity index (χ1v) is 4.83. The summed E-state index contributed by atoms with van der Waals surface area (Å²) in [6.45, 7) is 4.24. The first-order valence-electron chi connectivity index (χ1n) is 4.83. The lowest BCUT2D eigenvalue weighted by Gasteiger charge is -2.13. The third-order valence-corrected chi connectivity index (χ3v) is 2.05. The molecule has 0 saturated heterocycles. The minimum Gasteiger partial charge on any atom is -0.491 e. The van der Waals surface area contributed by atoms with Gasteiger partial charge in [0.1, 0.15) is 18.5 Å². The van der Waals surface area contributed by atoms with Gasteiger partial charge in [0.2, 0.25) is 0 Å². The number of aliphatic hydroxyl groups excluding tert-OH is 1. The quantitative estimate of drug-likeness (QED) is 0.711. The number of aliphatic hydroxyl groups is 1. The van der Waals surface area contributed by atoms with Crippen molar-refractivity contribution in [1.82, 2.24) is 0 Å². The lowest BCUT2D eigenvalue weighted by Crippen LogP contribution is -2.25. The largest absolute Gasteiger partial charge is 0.491 e. The Morgan fingerprint density at radius 3 is 2.67 bits per heavy atom. The van der Waals surface area contributed by atoms with Gasteiger partial charge < -0.3 is 14.7 Å². The highest BCUT2D eigenvalue weighted by Crippen LogP contribution is 2.18. The molecule has 1 rings (SSSR count). The summed E-state index contributed by atoms with van der Waals surface area (Å²) >= 11 is 0. The molecule has 0 aliphatic rings. The van der Waals surface area contributed by atoms with Crippen LogP contribution in [0.15, 0.2) is 18.2 Å². The average molecular weight is 211 g/mol. The van der Waals surface area contributed by atoms with Crippen molar-refractivity contribution in [2.75, 3.05) is 13.2 Å². The summed E-state index contributed by atoms with van der Waals surface area (Å²) in [6.07, 6.45) is -0.698. The third-order valence-electron chi connectivity index (χ3n) is 2.05. The maximum absolute atomic E-state index is 9.33. The van der Waals surface area contributed by atoms with E-state index in [1.54, 1.807) is 0 Å². The molecule has 1 aromatic carbocycles. The molecule has 0 heterocycles. The predicted molar refractivity (Wildman–Crippen MR) is 57.6 cm³/mol. The molecule has 1 unspecified atom stereocenters. The van der Waals surface area contributed by atoms with Crippen molar-refractivity contribution in [2.45, 2.75) is 20.0 Å². The lowest BCUT2D eigenvalue weighted by atomic mass is 10.1. The number of hydrogen-bond acceptors (Lipinski definition) is 4. The first-order chi connectivity index (χ1) is 7.13. The molecule has 0 bridgehead atoms. The summed E-state index contributed by atoms with van der Waals surface area (Å²) in [5.41, 5.74) is 2.24. The summed E-state index contributed by atoms with van der Waals surface area (Å²) in [5.74, 6) is 5.61. The second kappa shape index (κ2) is 5.70. The zero-order chi connectivity index (χ0) is 11.3. The molecular weight excluding hydrogens is 194 g/mol. The van der Waals surface area contributed by atoms with Crippen LogP contribution in [0.4, 0.5) is 0 Å². The topological polar surface area (TPSA) is 64.7 Å². The van der Waals surface area contributed by atoms with Crippen molar-refractivity contribution in [3.8, 4) is 5.75 Å². The molecule has 4 nitrogen and oxygen atoms in total. The Kier molecular flexibility index (Phi) is 4.55. The fraction of sp³-hybridized carbons (Fsp3) is 0.455. The van der Waals surface area contributed by atoms with Crippen LogP contribution in [0.3, 0.4) is 0 Å². The first kappa shape index (κ1) is 12.0. The highest BCUT2D eigenvalue weighted by Gasteiger charge is 2.06. The molecule has 0 spiro atoms. The molecule has 4 heteroatoms. The van der Waals surface area contributed by atoms with Crippen molar-refractivity contribution in [2.24, 2.45) is 5.90 Å². The zero-order valence-corrected chi connectivity index (χ0v) is 9.06. The van der Waals surface area contributed by atoms with Crippen LogP contribution in [-0.2, 0) is 4.84 Å². The number of nitrogens with two attached hydrogens (primary N) is 1. The van der Waals surface area contributed by atoms with Crippen LogP contribution in [-0.4, -0.2) is 24.4 Å². The van der Waals surface area contributed by atoms with Crippen molar-refractivity contribution in [1.29, 1.82) is 0 Å². The monoisotopic (exact) mass is 211 g/mol. The maximum Gasteiger partial charge on any atom is 0.122 e. The number of benzene rings is 1. The second-order valence-corrected chi connectivity index (χ2v) is 3.57. The van der Waals surface area contributed by atoms with Gasteiger partial charge in [-0.05, 0) is 25.5 Å². The minimum atomic E-state index is -0.698. The van der Waals surface area contributed by atoms with Crippen LogP contribution in [0.5, 0.6) is 5.75 Å². The highest BCUT2D eigenvalue weighted by atomic mass is 16.6. The maximum atomic E-state index is 9.33. The molecule has 0 amide bonds. The summed E-state index contributed by atoms with van der Waals surface area (Å²) in [6, 6.07) is 5.88. The van der Waals surface area contributed by atoms with E-state index in [9.17, 15) is 5.11 Å². The Morgan fingerprint density at radius 2 is 2.07 bits per heavy atom. The van der Waals surface area contributed by atoms with Gasteiger partial charge in [-0.2, -0.15) is 0 Å². The van der Waals surface area contributed by atoms with Crippen LogP contribution in [0.25, 0.3) is 0 Å². The minimum absolute atomic E-state index is 0.0743. The van der Waals surface area contributed by atoms with Crippen LogP contribution >= 0.6 is 0 Å². The summed E-state index contributed by atoms with van der Waals surface area (Å²) < 4.78 is 5.42. The van der Waals surface area contributed by atoms with E-state index in [-0.39, 0.29) is 13.2 Å². The Balaban J connectivity index is 2.50. The van der Waals surface area contributed by atoms with Gasteiger partial charge in [0.15, 0.2) is 0 Å². The molecule has 0 radical (unpaired) electrons. The van der Waals surface area contributed by atoms with Crippen LogP contribution in [0, 0.1) is 13.8 Å². The normalized spacial score (nSPS) is 12.5. The number of hydrogen-bond donors (Lipinski definition) is 2. The zero-order valence-electron chi connectivity index (χ0n) is 9.06. The van der Waals surface area contributed by atoms with Gasteiger partial charge >= 0.3 is 0 Å². The molecule has 0 aliphatic carbocycles. The Hall–Kier alpha value is -1.10. The molecular formula is C11H17NO3. The molecule has 84 valence electrons. The summed E-state index contributed by atoms with van der Waals surface area (Å²) in [4.78, 5) is 4.31. The molecule has 0 fully saturated rings. The number of rotatable bonds is 5. The molecule has 0 saturated carbocycles. The van der Waals surface area contributed by atoms with Crippen molar-refractivity contribution in [3.63, 3.8) is 0 Å². The highest BCUT2D eigenvalue weighted by molar-refractivity contribution is 5.35. The van der Waals surface area contributed by atoms with E-state index in [0.29, 0.717) is 0 Å². The number of aryl methyl sites for hydroxylation is 2. The SMILES string of the molecule is Cc1ccc(OCC(O)CON)c(C)c1. The van der Waals surface area contributed by atoms with E-state index in [4.69, 9.17) is 10.6 Å².